The summed E-state index contributed by atoms with van der Waals surface area (Å²) in [6, 6.07) is 12.8. The van der Waals surface area contributed by atoms with Gasteiger partial charge in [-0.25, -0.2) is 9.97 Å². The second kappa shape index (κ2) is 6.14. The number of benzene rings is 1. The van der Waals surface area contributed by atoms with Gasteiger partial charge in [-0.05, 0) is 59.9 Å². The van der Waals surface area contributed by atoms with Crippen LogP contribution in [-0.2, 0) is 6.37 Å². The Balaban J connectivity index is 1.72. The van der Waals surface area contributed by atoms with Crippen molar-refractivity contribution in [3.63, 3.8) is 0 Å². The molecule has 0 saturated carbocycles. The SMILES string of the molecule is [2H]C([2H])([2H])c1ccc2c(n1)oc1c(-c3ccc4scc(C([2H])([2H])C(C)(C)C)c4n3)cccc12. The molecule has 0 radical (unpaired) electrons. The van der Waals surface area contributed by atoms with Gasteiger partial charge >= 0.3 is 0 Å². The predicted octanol–water partition coefficient (Wildman–Crippen LogP) is 7.15. The summed E-state index contributed by atoms with van der Waals surface area (Å²) in [6.07, 6.45) is -1.56. The van der Waals surface area contributed by atoms with Crippen molar-refractivity contribution in [2.24, 2.45) is 5.41 Å². The molecule has 0 aliphatic rings. The highest BCUT2D eigenvalue weighted by atomic mass is 32.1. The first kappa shape index (κ1) is 12.7. The molecule has 28 heavy (non-hydrogen) atoms. The second-order valence-corrected chi connectivity index (χ2v) is 8.81. The lowest BCUT2D eigenvalue weighted by molar-refractivity contribution is 0.413. The Hall–Kier alpha value is -2.72. The fourth-order valence-electron chi connectivity index (χ4n) is 3.44. The lowest BCUT2D eigenvalue weighted by Crippen LogP contribution is -2.08. The maximum Gasteiger partial charge on any atom is 0.227 e. The number of furan rings is 1. The molecule has 0 fully saturated rings. The van der Waals surface area contributed by atoms with E-state index in [4.69, 9.17) is 16.3 Å². The van der Waals surface area contributed by atoms with Gasteiger partial charge in [-0.15, -0.1) is 11.3 Å². The van der Waals surface area contributed by atoms with Gasteiger partial charge in [0.1, 0.15) is 5.58 Å². The van der Waals surface area contributed by atoms with Crippen LogP contribution in [0.2, 0.25) is 0 Å². The van der Waals surface area contributed by atoms with E-state index in [1.54, 1.807) is 6.07 Å². The zero-order valence-corrected chi connectivity index (χ0v) is 16.6. The fourth-order valence-corrected chi connectivity index (χ4v) is 4.27. The predicted molar refractivity (Wildman–Crippen MR) is 118 cm³/mol. The maximum atomic E-state index is 8.73. The Morgan fingerprint density at radius 1 is 1.07 bits per heavy atom. The topological polar surface area (TPSA) is 38.9 Å². The summed E-state index contributed by atoms with van der Waals surface area (Å²) in [6.45, 7) is 3.34. The van der Waals surface area contributed by atoms with E-state index in [1.807, 2.05) is 56.5 Å². The summed E-state index contributed by atoms with van der Waals surface area (Å²) in [5.74, 6) is 0. The summed E-state index contributed by atoms with van der Waals surface area (Å²) in [4.78, 5) is 9.10. The zero-order chi connectivity index (χ0) is 23.8. The van der Waals surface area contributed by atoms with Crippen LogP contribution in [0.25, 0.3) is 43.5 Å². The molecule has 0 spiro atoms. The molecule has 4 aromatic heterocycles. The first-order valence-electron chi connectivity index (χ1n) is 11.6. The summed E-state index contributed by atoms with van der Waals surface area (Å²) in [5.41, 5.74) is 2.87. The minimum absolute atomic E-state index is 0.0116. The molecule has 0 atom stereocenters. The van der Waals surface area contributed by atoms with Crippen LogP contribution in [0.5, 0.6) is 0 Å². The second-order valence-electron chi connectivity index (χ2n) is 7.90. The van der Waals surface area contributed by atoms with Crippen LogP contribution in [0.1, 0.15) is 38.9 Å². The average Bonchev–Trinajstić information content (AvgIpc) is 3.32. The number of para-hydroxylation sites is 1. The number of hydrogen-bond acceptors (Lipinski definition) is 4. The number of nitrogens with zero attached hydrogens (tertiary/aromatic N) is 2. The summed E-state index contributed by atoms with van der Waals surface area (Å²) in [7, 11) is 0. The molecule has 4 heterocycles. The Kier molecular flexibility index (Phi) is 2.78. The molecule has 4 heteroatoms. The van der Waals surface area contributed by atoms with Crippen LogP contribution in [0.15, 0.2) is 52.3 Å². The van der Waals surface area contributed by atoms with E-state index in [9.17, 15) is 0 Å². The average molecular weight is 392 g/mol. The van der Waals surface area contributed by atoms with Crippen molar-refractivity contribution >= 4 is 43.6 Å². The molecule has 0 bridgehead atoms. The molecule has 1 aromatic carbocycles. The molecule has 5 rings (SSSR count). The molecule has 0 aliphatic heterocycles. The van der Waals surface area contributed by atoms with Crippen LogP contribution in [0.4, 0.5) is 0 Å². The molecule has 0 unspecified atom stereocenters. The lowest BCUT2D eigenvalue weighted by atomic mass is 9.89. The van der Waals surface area contributed by atoms with E-state index in [0.717, 1.165) is 21.0 Å². The molecular formula is C24H22N2OS. The Morgan fingerprint density at radius 3 is 2.79 bits per heavy atom. The van der Waals surface area contributed by atoms with Crippen molar-refractivity contribution in [3.05, 3.63) is 59.1 Å². The van der Waals surface area contributed by atoms with Gasteiger partial charge in [0.15, 0.2) is 0 Å². The maximum absolute atomic E-state index is 8.73. The largest absolute Gasteiger partial charge is 0.437 e. The number of fused-ring (bicyclic) bond motifs is 4. The van der Waals surface area contributed by atoms with Crippen LogP contribution < -0.4 is 0 Å². The van der Waals surface area contributed by atoms with E-state index in [1.165, 1.54) is 17.4 Å². The highest BCUT2D eigenvalue weighted by Crippen LogP contribution is 2.36. The van der Waals surface area contributed by atoms with Crippen LogP contribution in [0, 0.1) is 12.3 Å². The van der Waals surface area contributed by atoms with Crippen molar-refractivity contribution in [2.45, 2.75) is 34.0 Å². The third kappa shape index (κ3) is 2.89. The number of aromatic nitrogens is 2. The third-order valence-corrected chi connectivity index (χ3v) is 5.50. The van der Waals surface area contributed by atoms with Crippen molar-refractivity contribution < 1.29 is 11.3 Å². The van der Waals surface area contributed by atoms with Crippen molar-refractivity contribution in [3.8, 4) is 11.3 Å². The Labute approximate surface area is 175 Å². The van der Waals surface area contributed by atoms with E-state index >= 15 is 0 Å². The molecule has 0 aliphatic carbocycles. The molecule has 0 saturated heterocycles. The van der Waals surface area contributed by atoms with Crippen molar-refractivity contribution in [2.75, 3.05) is 0 Å². The van der Waals surface area contributed by atoms with Gasteiger partial charge < -0.3 is 4.42 Å². The number of rotatable bonds is 2. The smallest absolute Gasteiger partial charge is 0.227 e. The third-order valence-electron chi connectivity index (χ3n) is 4.57. The first-order chi connectivity index (χ1) is 15.4. The van der Waals surface area contributed by atoms with Gasteiger partial charge in [-0.2, -0.15) is 0 Å². The molecular weight excluding hydrogens is 364 g/mol. The van der Waals surface area contributed by atoms with Crippen LogP contribution in [0.3, 0.4) is 0 Å². The standard InChI is InChI=1S/C24H22N2OS/c1-14-8-9-17-16-6-5-7-18(22(16)27-23(17)25-14)19-10-11-20-21(26-19)15(13-28-20)12-24(2,3)4/h5-11,13H,12H2,1-4H3/i1D3,12D2. The van der Waals surface area contributed by atoms with E-state index in [2.05, 4.69) is 4.98 Å². The molecule has 0 N–H and O–H groups in total. The molecule has 140 valence electrons. The van der Waals surface area contributed by atoms with Crippen molar-refractivity contribution in [1.82, 2.24) is 9.97 Å². The van der Waals surface area contributed by atoms with Crippen LogP contribution >= 0.6 is 11.3 Å². The quantitative estimate of drug-likeness (QED) is 0.320. The summed E-state index contributed by atoms with van der Waals surface area (Å²) < 4.78 is 47.3. The number of hydrogen-bond donors (Lipinski definition) is 0. The van der Waals surface area contributed by atoms with Gasteiger partial charge in [0.2, 0.25) is 5.71 Å². The van der Waals surface area contributed by atoms with Gasteiger partial charge in [0.25, 0.3) is 0 Å². The lowest BCUT2D eigenvalue weighted by Gasteiger charge is -2.17. The Morgan fingerprint density at radius 2 is 1.96 bits per heavy atom. The normalized spacial score (nSPS) is 16.0. The van der Waals surface area contributed by atoms with E-state index in [0.29, 0.717) is 22.4 Å². The summed E-state index contributed by atoms with van der Waals surface area (Å²) in [5, 5.41) is 3.42. The van der Waals surface area contributed by atoms with Gasteiger partial charge in [0.05, 0.1) is 15.9 Å². The number of thiophene rings is 1. The summed E-state index contributed by atoms with van der Waals surface area (Å²) >= 11 is 1.48. The van der Waals surface area contributed by atoms with E-state index in [-0.39, 0.29) is 11.4 Å². The zero-order valence-electron chi connectivity index (χ0n) is 20.8. The van der Waals surface area contributed by atoms with Crippen molar-refractivity contribution in [1.29, 1.82) is 0 Å². The number of pyridine rings is 2. The van der Waals surface area contributed by atoms with E-state index < -0.39 is 18.6 Å². The van der Waals surface area contributed by atoms with Gasteiger partial charge in [-0.1, -0.05) is 32.9 Å². The first-order valence-corrected chi connectivity index (χ1v) is 9.98. The molecule has 0 amide bonds. The molecule has 3 nitrogen and oxygen atoms in total. The minimum Gasteiger partial charge on any atom is -0.437 e. The van der Waals surface area contributed by atoms with Gasteiger partial charge in [0, 0.05) is 28.9 Å². The Bertz CT molecular complexity index is 1530. The highest BCUT2D eigenvalue weighted by molar-refractivity contribution is 7.17. The highest BCUT2D eigenvalue weighted by Gasteiger charge is 2.18. The number of aryl methyl sites for hydroxylation is 1. The molecule has 5 aromatic rings. The monoisotopic (exact) mass is 391 g/mol. The van der Waals surface area contributed by atoms with Crippen LogP contribution in [-0.4, -0.2) is 9.97 Å². The van der Waals surface area contributed by atoms with Gasteiger partial charge in [-0.3, -0.25) is 0 Å². The fraction of sp³-hybridized carbons (Fsp3) is 0.250. The minimum atomic E-state index is -2.32.